The van der Waals surface area contributed by atoms with Crippen molar-refractivity contribution in [3.05, 3.63) is 70.2 Å². The molecule has 4 heterocycles. The molecule has 3 N–H and O–H groups in total. The van der Waals surface area contributed by atoms with Crippen LogP contribution < -0.4 is 15.4 Å². The first-order valence-electron chi connectivity index (χ1n) is 11.2. The second-order valence-electron chi connectivity index (χ2n) is 9.28. The van der Waals surface area contributed by atoms with Gasteiger partial charge in [-0.15, -0.1) is 11.3 Å². The fourth-order valence-electron chi connectivity index (χ4n) is 5.72. The third kappa shape index (κ3) is 3.65. The van der Waals surface area contributed by atoms with Crippen LogP contribution in [0.15, 0.2) is 58.8 Å². The third-order valence-corrected chi connectivity index (χ3v) is 9.41. The van der Waals surface area contributed by atoms with Crippen LogP contribution in [0.1, 0.15) is 32.3 Å². The van der Waals surface area contributed by atoms with Crippen molar-refractivity contribution in [2.24, 2.45) is 5.92 Å². The van der Waals surface area contributed by atoms with Crippen molar-refractivity contribution in [2.75, 3.05) is 17.8 Å². The van der Waals surface area contributed by atoms with Crippen molar-refractivity contribution in [3.63, 3.8) is 0 Å². The standard InChI is InChI=1S/C23H27F2N5O2S2/c1-15-7-8-19(25)23(27-15,34(31,32)28-20-13-33-14-26-20)29-22(2,17-5-3-4-6-18(17)24)21-16-9-11-30(21)12-10-16/h3-8,13-14,16,21,27-29H,9-12H2,1-2H3. The summed E-state index contributed by atoms with van der Waals surface area (Å²) in [6, 6.07) is 6.08. The molecule has 0 aliphatic carbocycles. The van der Waals surface area contributed by atoms with Crippen molar-refractivity contribution in [1.29, 1.82) is 0 Å². The van der Waals surface area contributed by atoms with Gasteiger partial charge in [-0.2, -0.15) is 0 Å². The Morgan fingerprint density at radius 2 is 1.97 bits per heavy atom. The van der Waals surface area contributed by atoms with E-state index in [2.05, 4.69) is 25.2 Å². The summed E-state index contributed by atoms with van der Waals surface area (Å²) in [7, 11) is -4.50. The Labute approximate surface area is 202 Å². The van der Waals surface area contributed by atoms with Crippen LogP contribution in [0.4, 0.5) is 14.6 Å². The normalized spacial score (nSPS) is 30.3. The predicted octanol–water partition coefficient (Wildman–Crippen LogP) is 3.64. The molecule has 2 fully saturated rings. The van der Waals surface area contributed by atoms with Gasteiger partial charge in [0.05, 0.1) is 11.0 Å². The van der Waals surface area contributed by atoms with E-state index in [4.69, 9.17) is 0 Å². The van der Waals surface area contributed by atoms with Gasteiger partial charge in [0.15, 0.2) is 11.6 Å². The number of nitrogens with zero attached hydrogens (tertiary/aromatic N) is 2. The number of halogens is 2. The van der Waals surface area contributed by atoms with E-state index in [0.29, 0.717) is 11.3 Å². The minimum Gasteiger partial charge on any atom is -0.351 e. The zero-order valence-electron chi connectivity index (χ0n) is 18.9. The molecule has 182 valence electrons. The molecule has 3 unspecified atom stereocenters. The van der Waals surface area contributed by atoms with E-state index in [-0.39, 0.29) is 17.8 Å². The summed E-state index contributed by atoms with van der Waals surface area (Å²) in [6.07, 6.45) is 4.46. The highest BCUT2D eigenvalue weighted by Gasteiger charge is 2.59. The molecular weight excluding hydrogens is 480 g/mol. The van der Waals surface area contributed by atoms with Gasteiger partial charge < -0.3 is 5.32 Å². The summed E-state index contributed by atoms with van der Waals surface area (Å²) in [6.45, 7) is 5.10. The molecule has 5 rings (SSSR count). The van der Waals surface area contributed by atoms with Crippen LogP contribution >= 0.6 is 11.3 Å². The van der Waals surface area contributed by atoms with E-state index in [1.807, 2.05) is 0 Å². The molecule has 0 amide bonds. The number of benzene rings is 1. The largest absolute Gasteiger partial charge is 0.351 e. The van der Waals surface area contributed by atoms with Gasteiger partial charge >= 0.3 is 0 Å². The van der Waals surface area contributed by atoms with Gasteiger partial charge in [-0.25, -0.2) is 22.2 Å². The number of hydrogen-bond acceptors (Lipinski definition) is 7. The Hall–Kier alpha value is -2.34. The van der Waals surface area contributed by atoms with Crippen LogP contribution in [0.3, 0.4) is 0 Å². The van der Waals surface area contributed by atoms with E-state index in [1.54, 1.807) is 32.0 Å². The molecule has 34 heavy (non-hydrogen) atoms. The van der Waals surface area contributed by atoms with Gasteiger partial charge in [0, 0.05) is 22.7 Å². The number of rotatable bonds is 7. The van der Waals surface area contributed by atoms with E-state index < -0.39 is 32.2 Å². The smallest absolute Gasteiger partial charge is 0.279 e. The van der Waals surface area contributed by atoms with Gasteiger partial charge in [-0.05, 0) is 63.9 Å². The summed E-state index contributed by atoms with van der Waals surface area (Å²) in [4.78, 5) is 3.86. The van der Waals surface area contributed by atoms with Gasteiger partial charge in [0.25, 0.3) is 15.0 Å². The molecule has 0 saturated carbocycles. The van der Waals surface area contributed by atoms with Gasteiger partial charge in [0.2, 0.25) is 0 Å². The van der Waals surface area contributed by atoms with Crippen molar-refractivity contribution in [1.82, 2.24) is 20.5 Å². The zero-order valence-corrected chi connectivity index (χ0v) is 20.5. The highest BCUT2D eigenvalue weighted by Crippen LogP contribution is 2.47. The lowest BCUT2D eigenvalue weighted by atomic mass is 9.78. The molecule has 7 nitrogen and oxygen atoms in total. The number of nitrogens with one attached hydrogen (secondary N) is 3. The molecule has 1 aromatic carbocycles. The Balaban J connectivity index is 1.67. The van der Waals surface area contributed by atoms with Gasteiger partial charge in [0.1, 0.15) is 5.82 Å². The number of dihydropyridines is 1. The summed E-state index contributed by atoms with van der Waals surface area (Å²) < 4.78 is 61.2. The van der Waals surface area contributed by atoms with Crippen LogP contribution in [0.2, 0.25) is 0 Å². The highest BCUT2D eigenvalue weighted by atomic mass is 32.2. The molecule has 3 aliphatic rings. The fourth-order valence-corrected chi connectivity index (χ4v) is 7.79. The number of anilines is 1. The maximum absolute atomic E-state index is 15.8. The lowest BCUT2D eigenvalue weighted by Gasteiger charge is -2.48. The Bertz CT molecular complexity index is 1230. The minimum atomic E-state index is -4.50. The number of aromatic nitrogens is 1. The van der Waals surface area contributed by atoms with Crippen LogP contribution in [-0.4, -0.2) is 42.4 Å². The van der Waals surface area contributed by atoms with Crippen LogP contribution in [0, 0.1) is 11.7 Å². The SMILES string of the molecule is CC1=CC=C(F)C(NC(C)(c2ccccc2F)C2C3CCN2CC3)(S(=O)(=O)Nc2cscn2)N1. The predicted molar refractivity (Wildman–Crippen MR) is 128 cm³/mol. The topological polar surface area (TPSA) is 86.4 Å². The lowest BCUT2D eigenvalue weighted by Crippen LogP contribution is -2.72. The number of fused-ring (bicyclic) bond motifs is 2. The quantitative estimate of drug-likeness (QED) is 0.531. The summed E-state index contributed by atoms with van der Waals surface area (Å²) in [5, 5.41) is 7.49. The molecular formula is C23H27F2N5O2S2. The fraction of sp³-hybridized carbons (Fsp3) is 0.435. The highest BCUT2D eigenvalue weighted by molar-refractivity contribution is 7.94. The summed E-state index contributed by atoms with van der Waals surface area (Å²) >= 11 is 1.21. The monoisotopic (exact) mass is 507 g/mol. The molecule has 1 aromatic heterocycles. The minimum absolute atomic E-state index is 0.0882. The lowest BCUT2D eigenvalue weighted by molar-refractivity contribution is 0.131. The molecule has 3 aliphatic heterocycles. The second-order valence-corrected chi connectivity index (χ2v) is 11.8. The van der Waals surface area contributed by atoms with Gasteiger partial charge in [-0.3, -0.25) is 14.9 Å². The maximum atomic E-state index is 15.8. The maximum Gasteiger partial charge on any atom is 0.279 e. The summed E-state index contributed by atoms with van der Waals surface area (Å²) in [5.74, 6) is -1.10. The van der Waals surface area contributed by atoms with Crippen molar-refractivity contribution in [2.45, 2.75) is 43.3 Å². The summed E-state index contributed by atoms with van der Waals surface area (Å²) in [5.41, 5.74) is 0.985. The molecule has 3 atom stereocenters. The average Bonchev–Trinajstić information content (AvgIpc) is 3.54. The van der Waals surface area contributed by atoms with Crippen LogP contribution in [-0.2, 0) is 15.6 Å². The van der Waals surface area contributed by atoms with Crippen molar-refractivity contribution in [3.8, 4) is 0 Å². The number of piperidine rings is 1. The first kappa shape index (κ1) is 23.4. The van der Waals surface area contributed by atoms with Crippen molar-refractivity contribution >= 4 is 27.2 Å². The van der Waals surface area contributed by atoms with E-state index in [0.717, 1.165) is 32.0 Å². The zero-order chi connectivity index (χ0) is 24.1. The first-order chi connectivity index (χ1) is 16.2. The van der Waals surface area contributed by atoms with E-state index in [1.165, 1.54) is 34.4 Å². The Morgan fingerprint density at radius 1 is 1.24 bits per heavy atom. The van der Waals surface area contributed by atoms with Crippen LogP contribution in [0.5, 0.6) is 0 Å². The number of thiazole rings is 1. The molecule has 0 radical (unpaired) electrons. The molecule has 2 aromatic rings. The number of sulfonamides is 1. The average molecular weight is 508 g/mol. The molecule has 11 heteroatoms. The number of hydrogen-bond donors (Lipinski definition) is 3. The molecule has 2 saturated heterocycles. The molecule has 2 bridgehead atoms. The first-order valence-corrected chi connectivity index (χ1v) is 13.6. The Morgan fingerprint density at radius 3 is 2.59 bits per heavy atom. The van der Waals surface area contributed by atoms with Crippen LogP contribution in [0.25, 0.3) is 0 Å². The van der Waals surface area contributed by atoms with Crippen molar-refractivity contribution < 1.29 is 17.2 Å². The molecule has 0 spiro atoms. The van der Waals surface area contributed by atoms with E-state index in [9.17, 15) is 8.42 Å². The Kier molecular flexibility index (Phi) is 5.78. The third-order valence-electron chi connectivity index (χ3n) is 7.14. The number of allylic oxidation sites excluding steroid dienone is 3. The second kappa shape index (κ2) is 8.40. The van der Waals surface area contributed by atoms with E-state index >= 15 is 8.78 Å². The van der Waals surface area contributed by atoms with Gasteiger partial charge in [-0.1, -0.05) is 18.2 Å².